The van der Waals surface area contributed by atoms with Crippen LogP contribution in [0.1, 0.15) is 0 Å². The molecule has 2 aromatic heterocycles. The predicted octanol–water partition coefficient (Wildman–Crippen LogP) is 7.56. The predicted molar refractivity (Wildman–Crippen MR) is 222 cm³/mol. The summed E-state index contributed by atoms with van der Waals surface area (Å²) < 4.78 is 0. The average molecular weight is 902 g/mol. The van der Waals surface area contributed by atoms with Crippen LogP contribution in [-0.4, -0.2) is 97.5 Å². The molecule has 6 rings (SSSR count). The van der Waals surface area contributed by atoms with Crippen LogP contribution in [0.2, 0.25) is 0 Å². The third-order valence-corrected chi connectivity index (χ3v) is 8.95. The molecular weight excluding hydrogens is 856 g/mol. The fourth-order valence-electron chi connectivity index (χ4n) is 5.34. The Morgan fingerprint density at radius 1 is 0.549 bits per heavy atom. The van der Waals surface area contributed by atoms with Crippen LogP contribution in [0, 0.1) is 0 Å². The summed E-state index contributed by atoms with van der Waals surface area (Å²) in [7, 11) is 7.67. The van der Waals surface area contributed by atoms with Crippen LogP contribution >= 0.6 is 24.4 Å². The van der Waals surface area contributed by atoms with E-state index >= 15 is 0 Å². The van der Waals surface area contributed by atoms with Crippen LogP contribution in [0.5, 0.6) is 0 Å². The van der Waals surface area contributed by atoms with Crippen LogP contribution in [0.15, 0.2) is 97.1 Å². The van der Waals surface area contributed by atoms with Gasteiger partial charge in [0.2, 0.25) is 0 Å². The van der Waals surface area contributed by atoms with Crippen molar-refractivity contribution in [3.05, 3.63) is 109 Å². The van der Waals surface area contributed by atoms with Crippen LogP contribution in [0.25, 0.3) is 55.1 Å². The molecule has 6 N–H and O–H groups in total. The van der Waals surface area contributed by atoms with Gasteiger partial charge in [0, 0.05) is 75.9 Å². The van der Waals surface area contributed by atoms with E-state index < -0.39 is 0 Å². The quantitative estimate of drug-likeness (QED) is 0.0854. The largest absolute Gasteiger partial charge is 2.00 e. The standard InChI is InChI=1S/2C18H20N4S.C2H6N2.Pt/c2*1-19-18(23)22(2)12-11-20-17-13-7-3-5-9-15(13)21-16-10-6-4-8-14(16)17;3-1-2-4;/h2*3-10H,11-12H2,1-2H3,(H,19,23)(H,20,21);3-4H,1-2H2;/q;;-2;+2. The molecule has 6 aromatic rings. The van der Waals surface area contributed by atoms with Crippen molar-refractivity contribution in [2.24, 2.45) is 0 Å². The maximum atomic E-state index is 6.26. The molecule has 0 fully saturated rings. The molecule has 0 amide bonds. The number of aromatic nitrogens is 2. The molecule has 0 aliphatic rings. The molecule has 0 saturated carbocycles. The fourth-order valence-corrected chi connectivity index (χ4v) is 5.53. The van der Waals surface area contributed by atoms with Gasteiger partial charge in [0.1, 0.15) is 0 Å². The topological polar surface area (TPSA) is 128 Å². The minimum atomic E-state index is 0. The second-order valence-corrected chi connectivity index (χ2v) is 12.1. The van der Waals surface area contributed by atoms with Gasteiger partial charge in [-0.3, -0.25) is 0 Å². The van der Waals surface area contributed by atoms with Crippen molar-refractivity contribution in [2.45, 2.75) is 0 Å². The normalized spacial score (nSPS) is 10.2. The second-order valence-electron chi connectivity index (χ2n) is 11.3. The molecule has 51 heavy (non-hydrogen) atoms. The Morgan fingerprint density at radius 2 is 0.824 bits per heavy atom. The minimum Gasteiger partial charge on any atom is -0.679 e. The van der Waals surface area contributed by atoms with E-state index in [1.807, 2.05) is 86.5 Å². The number of nitrogens with zero attached hydrogens (tertiary/aromatic N) is 4. The number of para-hydroxylation sites is 4. The number of pyridine rings is 2. The Bertz CT molecular complexity index is 1770. The Kier molecular flexibility index (Phi) is 17.2. The van der Waals surface area contributed by atoms with E-state index in [0.717, 1.165) is 91.4 Å². The third kappa shape index (κ3) is 11.1. The number of hydrogen-bond acceptors (Lipinski definition) is 6. The molecule has 270 valence electrons. The molecule has 0 saturated heterocycles. The summed E-state index contributed by atoms with van der Waals surface area (Å²) in [6.07, 6.45) is 0. The van der Waals surface area contributed by atoms with Crippen LogP contribution in [0.4, 0.5) is 11.4 Å². The third-order valence-electron chi connectivity index (χ3n) is 7.92. The summed E-state index contributed by atoms with van der Waals surface area (Å²) in [5, 5.41) is 19.2. The molecule has 4 aromatic carbocycles. The first-order valence-electron chi connectivity index (χ1n) is 16.5. The SMILES string of the molecule is CNC(=S)N(C)CCNc1c2ccccc2nc2ccccc12.CNC(=S)N(C)CCNc1c2ccccc2nc2ccccc12.[NH-]CC[NH-].[Pt+2]. The van der Waals surface area contributed by atoms with Gasteiger partial charge in [0.15, 0.2) is 10.2 Å². The first kappa shape index (κ1) is 41.2. The van der Waals surface area contributed by atoms with E-state index in [2.05, 4.69) is 69.8 Å². The van der Waals surface area contributed by atoms with E-state index in [1.54, 1.807) is 0 Å². The van der Waals surface area contributed by atoms with Crippen molar-refractivity contribution in [3.8, 4) is 0 Å². The molecule has 0 bridgehead atoms. The van der Waals surface area contributed by atoms with Crippen molar-refractivity contribution < 1.29 is 21.1 Å². The number of nitrogens with one attached hydrogen (secondary N) is 6. The van der Waals surface area contributed by atoms with Gasteiger partial charge < -0.3 is 42.5 Å². The van der Waals surface area contributed by atoms with Gasteiger partial charge in [-0.15, -0.1) is 0 Å². The fraction of sp³-hybridized carbons (Fsp3) is 0.263. The molecule has 0 unspecified atom stereocenters. The van der Waals surface area contributed by atoms with E-state index in [1.165, 1.54) is 0 Å². The zero-order chi connectivity index (χ0) is 35.9. The molecule has 0 aliphatic heterocycles. The maximum Gasteiger partial charge on any atom is 2.00 e. The monoisotopic (exact) mass is 901 g/mol. The van der Waals surface area contributed by atoms with Gasteiger partial charge in [0.25, 0.3) is 0 Å². The molecule has 0 radical (unpaired) electrons. The molecule has 13 heteroatoms. The second kappa shape index (κ2) is 21.2. The summed E-state index contributed by atoms with van der Waals surface area (Å²) in [6.45, 7) is 3.72. The van der Waals surface area contributed by atoms with Crippen molar-refractivity contribution in [2.75, 3.05) is 78.1 Å². The molecule has 0 aliphatic carbocycles. The number of anilines is 2. The average Bonchev–Trinajstić information content (AvgIpc) is 3.16. The van der Waals surface area contributed by atoms with Crippen LogP contribution < -0.4 is 21.3 Å². The van der Waals surface area contributed by atoms with Crippen molar-refractivity contribution in [1.29, 1.82) is 0 Å². The van der Waals surface area contributed by atoms with Crippen molar-refractivity contribution in [3.63, 3.8) is 0 Å². The smallest absolute Gasteiger partial charge is 0.679 e. The van der Waals surface area contributed by atoms with Gasteiger partial charge in [-0.2, -0.15) is 13.1 Å². The van der Waals surface area contributed by atoms with E-state index in [4.69, 9.17) is 45.9 Å². The number of thiocarbonyl (C=S) groups is 2. The van der Waals surface area contributed by atoms with Crippen LogP contribution in [-0.2, 0) is 21.1 Å². The number of rotatable bonds is 9. The number of hydrogen-bond donors (Lipinski definition) is 4. The molecule has 0 atom stereocenters. The maximum absolute atomic E-state index is 6.26. The Morgan fingerprint density at radius 3 is 1.08 bits per heavy atom. The number of likely N-dealkylation sites (N-methyl/N-ethyl adjacent to an activating group) is 2. The Labute approximate surface area is 326 Å². The molecule has 0 spiro atoms. The first-order valence-corrected chi connectivity index (χ1v) is 17.3. The van der Waals surface area contributed by atoms with Crippen molar-refractivity contribution in [1.82, 2.24) is 30.4 Å². The summed E-state index contributed by atoms with van der Waals surface area (Å²) >= 11 is 10.5. The van der Waals surface area contributed by atoms with Crippen molar-refractivity contribution >= 4 is 89.6 Å². The summed E-state index contributed by atoms with van der Waals surface area (Å²) in [4.78, 5) is 13.5. The van der Waals surface area contributed by atoms with E-state index in [0.29, 0.717) is 0 Å². The molecule has 2 heterocycles. The summed E-state index contributed by atoms with van der Waals surface area (Å²) in [6, 6.07) is 32.9. The minimum absolute atomic E-state index is 0. The van der Waals surface area contributed by atoms with Gasteiger partial charge in [-0.05, 0) is 48.7 Å². The molecule has 10 nitrogen and oxygen atoms in total. The first-order chi connectivity index (χ1) is 24.3. The van der Waals surface area contributed by atoms with Gasteiger partial charge in [-0.25, -0.2) is 9.97 Å². The number of fused-ring (bicyclic) bond motifs is 4. The Hall–Kier alpha value is -4.19. The van der Waals surface area contributed by atoms with Gasteiger partial charge in [-0.1, -0.05) is 72.8 Å². The van der Waals surface area contributed by atoms with Crippen LogP contribution in [0.3, 0.4) is 0 Å². The van der Waals surface area contributed by atoms with Gasteiger partial charge >= 0.3 is 21.1 Å². The Balaban J connectivity index is 0.000000245. The summed E-state index contributed by atoms with van der Waals surface area (Å²) in [5.74, 6) is 0. The summed E-state index contributed by atoms with van der Waals surface area (Å²) in [5.41, 5.74) is 18.8. The van der Waals surface area contributed by atoms with E-state index in [-0.39, 0.29) is 34.2 Å². The zero-order valence-electron chi connectivity index (χ0n) is 29.4. The molecular formula is C38H46N10PtS2. The van der Waals surface area contributed by atoms with E-state index in [9.17, 15) is 0 Å². The number of benzene rings is 4. The zero-order valence-corrected chi connectivity index (χ0v) is 33.3. The van der Waals surface area contributed by atoms with Gasteiger partial charge in [0.05, 0.1) is 33.4 Å².